The Morgan fingerprint density at radius 3 is 2.67 bits per heavy atom. The van der Waals surface area contributed by atoms with Crippen molar-refractivity contribution in [3.63, 3.8) is 0 Å². The van der Waals surface area contributed by atoms with E-state index in [2.05, 4.69) is 11.1 Å². The highest BCUT2D eigenvalue weighted by molar-refractivity contribution is 7.14. The molecule has 2 aromatic carbocycles. The van der Waals surface area contributed by atoms with Crippen LogP contribution in [-0.2, 0) is 6.42 Å². The molecule has 0 bridgehead atoms. The van der Waals surface area contributed by atoms with E-state index in [1.165, 1.54) is 16.9 Å². The van der Waals surface area contributed by atoms with Crippen molar-refractivity contribution in [2.45, 2.75) is 19.8 Å². The third-order valence-corrected chi connectivity index (χ3v) is 5.29. The quantitative estimate of drug-likeness (QED) is 0.680. The molecule has 0 fully saturated rings. The van der Waals surface area contributed by atoms with E-state index in [9.17, 15) is 4.79 Å². The molecule has 3 nitrogen and oxygen atoms in total. The molecule has 4 heteroatoms. The summed E-state index contributed by atoms with van der Waals surface area (Å²) >= 11 is 1.48. The van der Waals surface area contributed by atoms with E-state index in [1.54, 1.807) is 0 Å². The molecule has 0 unspecified atom stereocenters. The molecule has 1 aromatic heterocycles. The van der Waals surface area contributed by atoms with Gasteiger partial charge in [0.05, 0.1) is 10.7 Å². The van der Waals surface area contributed by atoms with Crippen molar-refractivity contribution in [3.8, 4) is 11.3 Å². The maximum absolute atomic E-state index is 13.3. The standard InChI is InChI=1S/C20H18N2OS/c1-14-21-18(16-9-3-2-4-10-16)19(24-14)20(23)22-13-7-11-15-8-5-6-12-17(15)22/h2-6,8-10,12H,7,11,13H2,1H3. The molecule has 1 aliphatic rings. The van der Waals surface area contributed by atoms with Crippen LogP contribution in [0.15, 0.2) is 54.6 Å². The van der Waals surface area contributed by atoms with Crippen LogP contribution >= 0.6 is 11.3 Å². The first-order chi connectivity index (χ1) is 11.7. The smallest absolute Gasteiger partial charge is 0.270 e. The van der Waals surface area contributed by atoms with Crippen LogP contribution in [-0.4, -0.2) is 17.4 Å². The maximum Gasteiger partial charge on any atom is 0.270 e. The summed E-state index contributed by atoms with van der Waals surface area (Å²) in [6.45, 7) is 2.72. The Balaban J connectivity index is 1.77. The van der Waals surface area contributed by atoms with Crippen molar-refractivity contribution in [3.05, 3.63) is 70.0 Å². The lowest BCUT2D eigenvalue weighted by atomic mass is 10.0. The summed E-state index contributed by atoms with van der Waals surface area (Å²) < 4.78 is 0. The Hall–Kier alpha value is -2.46. The molecule has 3 aromatic rings. The first-order valence-corrected chi connectivity index (χ1v) is 8.98. The Bertz CT molecular complexity index is 886. The molecule has 0 aliphatic carbocycles. The van der Waals surface area contributed by atoms with Gasteiger partial charge in [-0.3, -0.25) is 4.79 Å². The van der Waals surface area contributed by atoms with Crippen molar-refractivity contribution in [1.29, 1.82) is 0 Å². The third-order valence-electron chi connectivity index (χ3n) is 4.33. The molecule has 120 valence electrons. The highest BCUT2D eigenvalue weighted by Crippen LogP contribution is 2.33. The van der Waals surface area contributed by atoms with E-state index in [-0.39, 0.29) is 5.91 Å². The Morgan fingerprint density at radius 1 is 1.08 bits per heavy atom. The van der Waals surface area contributed by atoms with E-state index < -0.39 is 0 Å². The van der Waals surface area contributed by atoms with Crippen LogP contribution < -0.4 is 4.90 Å². The number of hydrogen-bond acceptors (Lipinski definition) is 3. The Kier molecular flexibility index (Phi) is 3.90. The summed E-state index contributed by atoms with van der Waals surface area (Å²) in [6.07, 6.45) is 2.04. The molecule has 2 heterocycles. The fourth-order valence-corrected chi connectivity index (χ4v) is 4.12. The number of thiazole rings is 1. The number of amides is 1. The molecule has 0 atom stereocenters. The van der Waals surface area contributed by atoms with Crippen LogP contribution in [0, 0.1) is 6.92 Å². The van der Waals surface area contributed by atoms with Gasteiger partial charge in [0.25, 0.3) is 5.91 Å². The minimum absolute atomic E-state index is 0.0617. The maximum atomic E-state index is 13.3. The summed E-state index contributed by atoms with van der Waals surface area (Å²) in [6, 6.07) is 18.2. The van der Waals surface area contributed by atoms with Gasteiger partial charge < -0.3 is 4.90 Å². The van der Waals surface area contributed by atoms with Crippen molar-refractivity contribution < 1.29 is 4.79 Å². The van der Waals surface area contributed by atoms with Crippen LogP contribution in [0.4, 0.5) is 5.69 Å². The second kappa shape index (κ2) is 6.21. The summed E-state index contributed by atoms with van der Waals surface area (Å²) in [4.78, 5) is 20.5. The SMILES string of the molecule is Cc1nc(-c2ccccc2)c(C(=O)N2CCCc3ccccc32)s1. The monoisotopic (exact) mass is 334 g/mol. The van der Waals surface area contributed by atoms with Crippen molar-refractivity contribution in [2.24, 2.45) is 0 Å². The van der Waals surface area contributed by atoms with Gasteiger partial charge in [-0.1, -0.05) is 48.5 Å². The van der Waals surface area contributed by atoms with Gasteiger partial charge in [0.15, 0.2) is 0 Å². The molecule has 4 rings (SSSR count). The number of carbonyl (C=O) groups is 1. The van der Waals surface area contributed by atoms with Gasteiger partial charge >= 0.3 is 0 Å². The third kappa shape index (κ3) is 2.63. The second-order valence-electron chi connectivity index (χ2n) is 5.97. The number of nitrogens with zero attached hydrogens (tertiary/aromatic N) is 2. The van der Waals surface area contributed by atoms with E-state index in [0.717, 1.165) is 46.2 Å². The molecule has 0 saturated heterocycles. The zero-order valence-corrected chi connectivity index (χ0v) is 14.3. The van der Waals surface area contributed by atoms with E-state index >= 15 is 0 Å². The molecule has 0 saturated carbocycles. The van der Waals surface area contributed by atoms with Gasteiger partial charge in [-0.15, -0.1) is 11.3 Å². The van der Waals surface area contributed by atoms with Gasteiger partial charge in [-0.2, -0.15) is 0 Å². The fraction of sp³-hybridized carbons (Fsp3) is 0.200. The number of carbonyl (C=O) groups excluding carboxylic acids is 1. The molecule has 0 radical (unpaired) electrons. The highest BCUT2D eigenvalue weighted by atomic mass is 32.1. The number of hydrogen-bond donors (Lipinski definition) is 0. The van der Waals surface area contributed by atoms with Crippen molar-refractivity contribution >= 4 is 22.9 Å². The van der Waals surface area contributed by atoms with Gasteiger partial charge in [0.2, 0.25) is 0 Å². The fourth-order valence-electron chi connectivity index (χ4n) is 3.23. The molecule has 24 heavy (non-hydrogen) atoms. The lowest BCUT2D eigenvalue weighted by Gasteiger charge is -2.29. The van der Waals surface area contributed by atoms with E-state index in [4.69, 9.17) is 0 Å². The largest absolute Gasteiger partial charge is 0.307 e. The van der Waals surface area contributed by atoms with Crippen LogP contribution in [0.1, 0.15) is 26.7 Å². The molecular weight excluding hydrogens is 316 g/mol. The first kappa shape index (κ1) is 15.1. The number of rotatable bonds is 2. The minimum atomic E-state index is 0.0617. The minimum Gasteiger partial charge on any atom is -0.307 e. The second-order valence-corrected chi connectivity index (χ2v) is 7.17. The van der Waals surface area contributed by atoms with Crippen molar-refractivity contribution in [2.75, 3.05) is 11.4 Å². The molecule has 1 amide bonds. The number of anilines is 1. The van der Waals surface area contributed by atoms with Gasteiger partial charge in [0, 0.05) is 17.8 Å². The average Bonchev–Trinajstić information content (AvgIpc) is 3.03. The Labute approximate surface area is 145 Å². The summed E-state index contributed by atoms with van der Waals surface area (Å²) in [5.74, 6) is 0.0617. The summed E-state index contributed by atoms with van der Waals surface area (Å²) in [5, 5.41) is 0.919. The van der Waals surface area contributed by atoms with E-state index in [0.29, 0.717) is 0 Å². The highest BCUT2D eigenvalue weighted by Gasteiger charge is 2.27. The predicted octanol–water partition coefficient (Wildman–Crippen LogP) is 4.71. The van der Waals surface area contributed by atoms with Crippen LogP contribution in [0.25, 0.3) is 11.3 Å². The number of para-hydroxylation sites is 1. The number of aryl methyl sites for hydroxylation is 2. The van der Waals surface area contributed by atoms with E-state index in [1.807, 2.05) is 60.4 Å². The zero-order valence-electron chi connectivity index (χ0n) is 13.5. The van der Waals surface area contributed by atoms with Gasteiger partial charge in [0.1, 0.15) is 4.88 Å². The lowest BCUT2D eigenvalue weighted by molar-refractivity contribution is 0.0989. The molecule has 1 aliphatic heterocycles. The summed E-state index contributed by atoms with van der Waals surface area (Å²) in [7, 11) is 0. The normalized spacial score (nSPS) is 13.6. The predicted molar refractivity (Wildman–Crippen MR) is 98.7 cm³/mol. The number of aromatic nitrogens is 1. The topological polar surface area (TPSA) is 33.2 Å². The first-order valence-electron chi connectivity index (χ1n) is 8.16. The van der Waals surface area contributed by atoms with Crippen molar-refractivity contribution in [1.82, 2.24) is 4.98 Å². The zero-order chi connectivity index (χ0) is 16.5. The molecular formula is C20H18N2OS. The molecule has 0 N–H and O–H groups in total. The van der Waals surface area contributed by atoms with Gasteiger partial charge in [-0.05, 0) is 31.4 Å². The molecule has 0 spiro atoms. The number of benzene rings is 2. The Morgan fingerprint density at radius 2 is 1.83 bits per heavy atom. The van der Waals surface area contributed by atoms with Crippen LogP contribution in [0.3, 0.4) is 0 Å². The average molecular weight is 334 g/mol. The number of fused-ring (bicyclic) bond motifs is 1. The van der Waals surface area contributed by atoms with Crippen LogP contribution in [0.5, 0.6) is 0 Å². The lowest BCUT2D eigenvalue weighted by Crippen LogP contribution is -2.35. The van der Waals surface area contributed by atoms with Crippen LogP contribution in [0.2, 0.25) is 0 Å². The summed E-state index contributed by atoms with van der Waals surface area (Å²) in [5.41, 5.74) is 4.08. The van der Waals surface area contributed by atoms with Gasteiger partial charge in [-0.25, -0.2) is 4.98 Å².